The fraction of sp³-hybridized carbons (Fsp3) is 0.500. The molecule has 0 aliphatic rings. The third kappa shape index (κ3) is 2.98. The summed E-state index contributed by atoms with van der Waals surface area (Å²) in [6, 6.07) is 0.228. The molecule has 0 spiro atoms. The predicted molar refractivity (Wildman–Crippen MR) is 45.0 cm³/mol. The van der Waals surface area contributed by atoms with E-state index < -0.39 is 0 Å². The molecule has 3 N–H and O–H groups in total. The summed E-state index contributed by atoms with van der Waals surface area (Å²) >= 11 is 0. The molecule has 0 aromatic carbocycles. The third-order valence-electron chi connectivity index (χ3n) is 1.10. The number of rotatable bonds is 2. The van der Waals surface area contributed by atoms with Gasteiger partial charge in [0.2, 0.25) is 6.33 Å². The molecule has 0 saturated heterocycles. The average molecular weight is 207 g/mol. The van der Waals surface area contributed by atoms with Gasteiger partial charge in [0.1, 0.15) is 18.9 Å². The van der Waals surface area contributed by atoms with Crippen LogP contribution in [-0.2, 0) is 6.54 Å². The Kier molecular flexibility index (Phi) is 4.31. The van der Waals surface area contributed by atoms with Crippen LogP contribution in [0.1, 0.15) is 6.92 Å². The van der Waals surface area contributed by atoms with E-state index in [1.807, 2.05) is 30.2 Å². The maximum absolute atomic E-state index is 5.55. The van der Waals surface area contributed by atoms with Crippen LogP contribution in [0.25, 0.3) is 0 Å². The minimum atomic E-state index is 0. The van der Waals surface area contributed by atoms with Crippen LogP contribution in [0, 0.1) is 0 Å². The highest BCUT2D eigenvalue weighted by molar-refractivity contribution is 8.93. The van der Waals surface area contributed by atoms with Gasteiger partial charge in [0.25, 0.3) is 0 Å². The van der Waals surface area contributed by atoms with Gasteiger partial charge in [0.15, 0.2) is 0 Å². The Bertz CT molecular complexity index is 160. The lowest BCUT2D eigenvalue weighted by molar-refractivity contribution is -0.697. The third-order valence-corrected chi connectivity index (χ3v) is 1.10. The van der Waals surface area contributed by atoms with Gasteiger partial charge in [0, 0.05) is 6.04 Å². The van der Waals surface area contributed by atoms with Crippen molar-refractivity contribution in [1.29, 1.82) is 0 Å². The molecule has 0 aliphatic heterocycles. The number of aromatic amines is 1. The van der Waals surface area contributed by atoms with Gasteiger partial charge in [-0.15, -0.1) is 17.0 Å². The van der Waals surface area contributed by atoms with Crippen molar-refractivity contribution in [2.45, 2.75) is 19.5 Å². The smallest absolute Gasteiger partial charge is 0.241 e. The average Bonchev–Trinajstić information content (AvgIpc) is 2.15. The van der Waals surface area contributed by atoms with E-state index in [1.54, 1.807) is 0 Å². The second-order valence-electron chi connectivity index (χ2n) is 2.29. The summed E-state index contributed by atoms with van der Waals surface area (Å²) in [5.74, 6) is 0. The summed E-state index contributed by atoms with van der Waals surface area (Å²) in [6.07, 6.45) is 5.73. The summed E-state index contributed by atoms with van der Waals surface area (Å²) in [7, 11) is 0. The Morgan fingerprint density at radius 1 is 1.70 bits per heavy atom. The van der Waals surface area contributed by atoms with E-state index in [-0.39, 0.29) is 23.0 Å². The molecule has 0 bridgehead atoms. The Labute approximate surface area is 71.0 Å². The van der Waals surface area contributed by atoms with E-state index in [9.17, 15) is 0 Å². The van der Waals surface area contributed by atoms with Gasteiger partial charge in [0.05, 0.1) is 0 Å². The fourth-order valence-corrected chi connectivity index (χ4v) is 0.767. The molecule has 0 saturated carbocycles. The molecular weight excluding hydrogens is 194 g/mol. The minimum absolute atomic E-state index is 0. The molecule has 58 valence electrons. The molecule has 0 fully saturated rings. The lowest BCUT2D eigenvalue weighted by Crippen LogP contribution is -2.40. The topological polar surface area (TPSA) is 45.7 Å². The molecule has 4 heteroatoms. The van der Waals surface area contributed by atoms with Crippen molar-refractivity contribution < 1.29 is 4.57 Å². The van der Waals surface area contributed by atoms with Crippen LogP contribution in [0.15, 0.2) is 18.7 Å². The molecule has 1 heterocycles. The van der Waals surface area contributed by atoms with Gasteiger partial charge in [-0.1, -0.05) is 0 Å². The van der Waals surface area contributed by atoms with Gasteiger partial charge in [-0.3, -0.25) is 4.98 Å². The van der Waals surface area contributed by atoms with Crippen LogP contribution < -0.4 is 10.3 Å². The quantitative estimate of drug-likeness (QED) is 0.670. The van der Waals surface area contributed by atoms with Crippen molar-refractivity contribution in [3.8, 4) is 0 Å². The molecule has 1 aromatic heterocycles. The summed E-state index contributed by atoms with van der Waals surface area (Å²) in [4.78, 5) is 2.94. The molecular formula is C6H13BrN3+. The van der Waals surface area contributed by atoms with Gasteiger partial charge in [-0.2, -0.15) is 0 Å². The second-order valence-corrected chi connectivity index (χ2v) is 2.29. The van der Waals surface area contributed by atoms with Crippen LogP contribution in [0.3, 0.4) is 0 Å². The number of aromatic nitrogens is 2. The predicted octanol–water partition coefficient (Wildman–Crippen LogP) is 0.227. The fourth-order valence-electron chi connectivity index (χ4n) is 0.767. The van der Waals surface area contributed by atoms with E-state index in [0.29, 0.717) is 0 Å². The van der Waals surface area contributed by atoms with E-state index in [4.69, 9.17) is 5.73 Å². The van der Waals surface area contributed by atoms with Crippen molar-refractivity contribution in [2.75, 3.05) is 0 Å². The molecule has 0 aliphatic carbocycles. The Hall–Kier alpha value is -0.350. The summed E-state index contributed by atoms with van der Waals surface area (Å²) < 4.78 is 2.02. The normalized spacial score (nSPS) is 12.2. The molecule has 1 aromatic rings. The molecule has 0 radical (unpaired) electrons. The largest absolute Gasteiger partial charge is 0.325 e. The zero-order valence-corrected chi connectivity index (χ0v) is 7.66. The highest BCUT2D eigenvalue weighted by Crippen LogP contribution is 1.74. The summed E-state index contributed by atoms with van der Waals surface area (Å²) in [5.41, 5.74) is 5.55. The number of hydrogen-bond donors (Lipinski definition) is 2. The Morgan fingerprint density at radius 3 is 2.80 bits per heavy atom. The number of nitrogens with one attached hydrogen (secondary N) is 1. The highest BCUT2D eigenvalue weighted by Gasteiger charge is 1.98. The number of H-pyrrole nitrogens is 1. The first kappa shape index (κ1) is 9.65. The monoisotopic (exact) mass is 206 g/mol. The Balaban J connectivity index is 0.000000810. The van der Waals surface area contributed by atoms with Gasteiger partial charge >= 0.3 is 0 Å². The first-order valence-corrected chi connectivity index (χ1v) is 3.06. The van der Waals surface area contributed by atoms with Crippen LogP contribution in [-0.4, -0.2) is 11.0 Å². The van der Waals surface area contributed by atoms with E-state index in [1.165, 1.54) is 0 Å². The lowest BCUT2D eigenvalue weighted by Gasteiger charge is -1.97. The van der Waals surface area contributed by atoms with Gasteiger partial charge < -0.3 is 5.73 Å². The van der Waals surface area contributed by atoms with Gasteiger partial charge in [-0.25, -0.2) is 4.57 Å². The SMILES string of the molecule is Br.CC(N)C[n+]1cc[nH]c1. The second kappa shape index (κ2) is 4.46. The number of nitrogens with two attached hydrogens (primary N) is 1. The molecule has 10 heavy (non-hydrogen) atoms. The standard InChI is InChI=1S/C6H11N3.BrH/c1-6(7)4-9-3-2-8-5-9;/h2-3,5-6H,4,7H2,1H3;1H/p+1. The molecule has 1 unspecified atom stereocenters. The van der Waals surface area contributed by atoms with E-state index >= 15 is 0 Å². The van der Waals surface area contributed by atoms with Crippen molar-refractivity contribution >= 4 is 17.0 Å². The van der Waals surface area contributed by atoms with Crippen LogP contribution in [0.2, 0.25) is 0 Å². The molecule has 0 amide bonds. The molecule has 3 nitrogen and oxygen atoms in total. The van der Waals surface area contributed by atoms with Gasteiger partial charge in [-0.05, 0) is 6.92 Å². The van der Waals surface area contributed by atoms with Crippen molar-refractivity contribution in [2.24, 2.45) is 5.73 Å². The maximum atomic E-state index is 5.55. The van der Waals surface area contributed by atoms with Crippen LogP contribution in [0.5, 0.6) is 0 Å². The van der Waals surface area contributed by atoms with E-state index in [0.717, 1.165) is 6.54 Å². The number of nitrogens with zero attached hydrogens (tertiary/aromatic N) is 1. The first-order valence-electron chi connectivity index (χ1n) is 3.06. The Morgan fingerprint density at radius 2 is 2.40 bits per heavy atom. The molecule has 1 rings (SSSR count). The molecule has 1 atom stereocenters. The van der Waals surface area contributed by atoms with Crippen molar-refractivity contribution in [1.82, 2.24) is 4.98 Å². The van der Waals surface area contributed by atoms with Crippen molar-refractivity contribution in [3.05, 3.63) is 18.7 Å². The first-order chi connectivity index (χ1) is 4.29. The van der Waals surface area contributed by atoms with E-state index in [2.05, 4.69) is 4.98 Å². The van der Waals surface area contributed by atoms with Crippen molar-refractivity contribution in [3.63, 3.8) is 0 Å². The number of imidazole rings is 1. The number of hydrogen-bond acceptors (Lipinski definition) is 1. The minimum Gasteiger partial charge on any atom is -0.325 e. The van der Waals surface area contributed by atoms with Crippen LogP contribution in [0.4, 0.5) is 0 Å². The summed E-state index contributed by atoms with van der Waals surface area (Å²) in [5, 5.41) is 0. The summed E-state index contributed by atoms with van der Waals surface area (Å²) in [6.45, 7) is 2.86. The zero-order valence-electron chi connectivity index (χ0n) is 5.95. The highest BCUT2D eigenvalue weighted by atomic mass is 79.9. The van der Waals surface area contributed by atoms with Crippen LogP contribution >= 0.6 is 17.0 Å². The maximum Gasteiger partial charge on any atom is 0.241 e. The number of halogens is 1. The lowest BCUT2D eigenvalue weighted by atomic mass is 10.4. The zero-order chi connectivity index (χ0) is 6.69.